The number of amides is 2. The number of rotatable bonds is 3. The topological polar surface area (TPSA) is 86.0 Å². The van der Waals surface area contributed by atoms with Crippen LogP contribution in [0.25, 0.3) is 0 Å². The van der Waals surface area contributed by atoms with Crippen LogP contribution in [-0.2, 0) is 4.79 Å². The lowest BCUT2D eigenvalue weighted by Gasteiger charge is -2.36. The molecule has 0 radical (unpaired) electrons. The molecular weight excluding hydrogens is 360 g/mol. The summed E-state index contributed by atoms with van der Waals surface area (Å²) in [5.41, 5.74) is 0. The maximum absolute atomic E-state index is 12.4. The van der Waals surface area contributed by atoms with Crippen molar-refractivity contribution in [3.63, 3.8) is 0 Å². The number of piperazine rings is 2. The van der Waals surface area contributed by atoms with E-state index in [1.54, 1.807) is 30.3 Å². The Labute approximate surface area is 163 Å². The van der Waals surface area contributed by atoms with Crippen molar-refractivity contribution in [1.29, 1.82) is 0 Å². The molecule has 0 spiro atoms. The molecule has 0 aliphatic carbocycles. The summed E-state index contributed by atoms with van der Waals surface area (Å²) in [4.78, 5) is 40.7. The van der Waals surface area contributed by atoms with E-state index in [1.807, 2.05) is 11.0 Å². The van der Waals surface area contributed by atoms with Gasteiger partial charge in [0.2, 0.25) is 5.91 Å². The normalized spacial score (nSPS) is 17.8. The highest BCUT2D eigenvalue weighted by Crippen LogP contribution is 2.21. The molecule has 148 valence electrons. The summed E-state index contributed by atoms with van der Waals surface area (Å²) in [5, 5.41) is 0. The predicted octanol–water partition coefficient (Wildman–Crippen LogP) is 0.701. The molecule has 28 heavy (non-hydrogen) atoms. The summed E-state index contributed by atoms with van der Waals surface area (Å²) >= 11 is 0. The highest BCUT2D eigenvalue weighted by Gasteiger charge is 2.25. The molecule has 0 bridgehead atoms. The molecule has 0 aromatic carbocycles. The first-order valence-corrected chi connectivity index (χ1v) is 9.52. The van der Waals surface area contributed by atoms with Crippen molar-refractivity contribution in [3.8, 4) is 0 Å². The fraction of sp³-hybridized carbons (Fsp3) is 0.474. The van der Waals surface area contributed by atoms with Gasteiger partial charge in [-0.3, -0.25) is 9.59 Å². The second kappa shape index (κ2) is 7.87. The molecule has 0 saturated carbocycles. The zero-order valence-corrected chi connectivity index (χ0v) is 16.0. The summed E-state index contributed by atoms with van der Waals surface area (Å²) in [5.74, 6) is 2.16. The van der Waals surface area contributed by atoms with Crippen LogP contribution in [0.1, 0.15) is 17.5 Å². The van der Waals surface area contributed by atoms with Crippen molar-refractivity contribution in [1.82, 2.24) is 19.8 Å². The van der Waals surface area contributed by atoms with E-state index in [-0.39, 0.29) is 11.8 Å². The molecule has 0 N–H and O–H groups in total. The van der Waals surface area contributed by atoms with Crippen LogP contribution in [0.15, 0.2) is 35.2 Å². The monoisotopic (exact) mass is 384 g/mol. The zero-order valence-electron chi connectivity index (χ0n) is 16.0. The van der Waals surface area contributed by atoms with Crippen molar-refractivity contribution in [2.45, 2.75) is 6.92 Å². The molecule has 2 amide bonds. The fourth-order valence-electron chi connectivity index (χ4n) is 3.63. The van der Waals surface area contributed by atoms with Gasteiger partial charge in [-0.2, -0.15) is 0 Å². The van der Waals surface area contributed by atoms with Crippen molar-refractivity contribution < 1.29 is 14.0 Å². The molecule has 2 fully saturated rings. The smallest absolute Gasteiger partial charge is 0.289 e. The van der Waals surface area contributed by atoms with Crippen LogP contribution in [0.5, 0.6) is 0 Å². The van der Waals surface area contributed by atoms with Gasteiger partial charge in [0.15, 0.2) is 5.76 Å². The number of carbonyl (C=O) groups excluding carboxylic acids is 2. The van der Waals surface area contributed by atoms with Crippen LogP contribution in [0, 0.1) is 0 Å². The zero-order chi connectivity index (χ0) is 19.5. The van der Waals surface area contributed by atoms with E-state index >= 15 is 0 Å². The molecule has 9 heteroatoms. The van der Waals surface area contributed by atoms with Crippen LogP contribution in [0.4, 0.5) is 11.6 Å². The number of hydrogen-bond acceptors (Lipinski definition) is 7. The van der Waals surface area contributed by atoms with Gasteiger partial charge >= 0.3 is 0 Å². The lowest BCUT2D eigenvalue weighted by atomic mass is 10.2. The van der Waals surface area contributed by atoms with Gasteiger partial charge in [0.25, 0.3) is 5.91 Å². The van der Waals surface area contributed by atoms with Gasteiger partial charge in [0.1, 0.15) is 18.0 Å². The van der Waals surface area contributed by atoms with Crippen molar-refractivity contribution >= 4 is 23.5 Å². The van der Waals surface area contributed by atoms with E-state index < -0.39 is 0 Å². The summed E-state index contributed by atoms with van der Waals surface area (Å²) < 4.78 is 5.21. The lowest BCUT2D eigenvalue weighted by Crippen LogP contribution is -2.49. The van der Waals surface area contributed by atoms with E-state index in [1.165, 1.54) is 6.26 Å². The minimum Gasteiger partial charge on any atom is -0.459 e. The van der Waals surface area contributed by atoms with Gasteiger partial charge in [-0.1, -0.05) is 0 Å². The predicted molar refractivity (Wildman–Crippen MR) is 103 cm³/mol. The summed E-state index contributed by atoms with van der Waals surface area (Å²) in [6.07, 6.45) is 3.10. The first-order chi connectivity index (χ1) is 13.6. The number of hydrogen-bond donors (Lipinski definition) is 0. The number of anilines is 2. The molecule has 4 heterocycles. The molecule has 9 nitrogen and oxygen atoms in total. The Morgan fingerprint density at radius 1 is 0.893 bits per heavy atom. The van der Waals surface area contributed by atoms with Gasteiger partial charge in [0.05, 0.1) is 6.26 Å². The Morgan fingerprint density at radius 2 is 1.46 bits per heavy atom. The van der Waals surface area contributed by atoms with Crippen LogP contribution in [-0.4, -0.2) is 83.9 Å². The molecule has 0 atom stereocenters. The molecule has 4 rings (SSSR count). The maximum Gasteiger partial charge on any atom is 0.289 e. The SMILES string of the molecule is CC(=O)N1CCN(c2cc(N3CCN(C(=O)c4ccco4)CC3)ncn2)CC1. The molecule has 2 aromatic heterocycles. The van der Waals surface area contributed by atoms with Crippen LogP contribution >= 0.6 is 0 Å². The second-order valence-corrected chi connectivity index (χ2v) is 6.98. The van der Waals surface area contributed by atoms with Gasteiger partial charge in [-0.05, 0) is 12.1 Å². The van der Waals surface area contributed by atoms with E-state index in [0.717, 1.165) is 24.7 Å². The molecule has 2 aliphatic heterocycles. The molecule has 0 unspecified atom stereocenters. The quantitative estimate of drug-likeness (QED) is 0.770. The minimum absolute atomic E-state index is 0.0728. The van der Waals surface area contributed by atoms with E-state index in [4.69, 9.17) is 4.42 Å². The number of furan rings is 1. The highest BCUT2D eigenvalue weighted by molar-refractivity contribution is 5.91. The van der Waals surface area contributed by atoms with Gasteiger partial charge in [0, 0.05) is 65.3 Å². The molecule has 2 aromatic rings. The number of nitrogens with zero attached hydrogens (tertiary/aromatic N) is 6. The Morgan fingerprint density at radius 3 is 1.96 bits per heavy atom. The Hall–Kier alpha value is -3.10. The minimum atomic E-state index is -0.0728. The average molecular weight is 384 g/mol. The van der Waals surface area contributed by atoms with Crippen molar-refractivity contribution in [2.75, 3.05) is 62.2 Å². The van der Waals surface area contributed by atoms with Crippen molar-refractivity contribution in [3.05, 3.63) is 36.5 Å². The Kier molecular flexibility index (Phi) is 5.14. The summed E-state index contributed by atoms with van der Waals surface area (Å²) in [6.45, 7) is 7.22. The molecule has 2 aliphatic rings. The third kappa shape index (κ3) is 3.78. The van der Waals surface area contributed by atoms with Crippen molar-refractivity contribution in [2.24, 2.45) is 0 Å². The van der Waals surface area contributed by atoms with Crippen LogP contribution in [0.2, 0.25) is 0 Å². The standard InChI is InChI=1S/C19H24N6O3/c1-15(26)22-4-6-23(7-5-22)17-13-18(21-14-20-17)24-8-10-25(11-9-24)19(27)16-3-2-12-28-16/h2-3,12-14H,4-11H2,1H3. The van der Waals surface area contributed by atoms with Gasteiger partial charge in [-0.25, -0.2) is 9.97 Å². The average Bonchev–Trinajstić information content (AvgIpc) is 3.28. The van der Waals surface area contributed by atoms with E-state index in [0.29, 0.717) is 45.0 Å². The molecule has 2 saturated heterocycles. The third-order valence-electron chi connectivity index (χ3n) is 5.31. The van der Waals surface area contributed by atoms with Gasteiger partial charge < -0.3 is 24.0 Å². The summed E-state index contributed by atoms with van der Waals surface area (Å²) in [6, 6.07) is 5.41. The Bertz CT molecular complexity index is 824. The largest absolute Gasteiger partial charge is 0.459 e. The number of carbonyl (C=O) groups is 2. The first kappa shape index (κ1) is 18.3. The lowest BCUT2D eigenvalue weighted by molar-refractivity contribution is -0.129. The van der Waals surface area contributed by atoms with E-state index in [9.17, 15) is 9.59 Å². The van der Waals surface area contributed by atoms with Gasteiger partial charge in [-0.15, -0.1) is 0 Å². The fourth-order valence-corrected chi connectivity index (χ4v) is 3.63. The first-order valence-electron chi connectivity index (χ1n) is 9.52. The van der Waals surface area contributed by atoms with Crippen LogP contribution < -0.4 is 9.80 Å². The van der Waals surface area contributed by atoms with E-state index in [2.05, 4.69) is 19.8 Å². The summed E-state index contributed by atoms with van der Waals surface area (Å²) in [7, 11) is 0. The Balaban J connectivity index is 1.36. The third-order valence-corrected chi connectivity index (χ3v) is 5.31. The van der Waals surface area contributed by atoms with Crippen LogP contribution in [0.3, 0.4) is 0 Å². The number of aromatic nitrogens is 2. The highest BCUT2D eigenvalue weighted by atomic mass is 16.3. The maximum atomic E-state index is 12.4. The second-order valence-electron chi connectivity index (χ2n) is 6.98. The molecular formula is C19H24N6O3.